The van der Waals surface area contributed by atoms with Crippen LogP contribution in [0.4, 0.5) is 0 Å². The molecular weight excluding hydrogens is 162 g/mol. The van der Waals surface area contributed by atoms with Crippen molar-refractivity contribution in [1.29, 1.82) is 0 Å². The summed E-state index contributed by atoms with van der Waals surface area (Å²) in [5.41, 5.74) is 2.16. The molecule has 0 fully saturated rings. The van der Waals surface area contributed by atoms with E-state index in [0.29, 0.717) is 0 Å². The SMILES string of the molecule is C=C(CC)Cn1ccc(C(C)O)c1. The fourth-order valence-corrected chi connectivity index (χ4v) is 1.17. The van der Waals surface area contributed by atoms with Crippen molar-refractivity contribution in [3.05, 3.63) is 36.2 Å². The van der Waals surface area contributed by atoms with Crippen molar-refractivity contribution < 1.29 is 5.11 Å². The van der Waals surface area contributed by atoms with E-state index >= 15 is 0 Å². The Morgan fingerprint density at radius 3 is 2.85 bits per heavy atom. The van der Waals surface area contributed by atoms with E-state index < -0.39 is 0 Å². The Hall–Kier alpha value is -1.02. The minimum absolute atomic E-state index is 0.379. The van der Waals surface area contributed by atoms with Crippen LogP contribution in [-0.4, -0.2) is 9.67 Å². The van der Waals surface area contributed by atoms with Crippen LogP contribution in [0.2, 0.25) is 0 Å². The van der Waals surface area contributed by atoms with E-state index in [4.69, 9.17) is 0 Å². The van der Waals surface area contributed by atoms with E-state index in [1.165, 1.54) is 5.57 Å². The number of aliphatic hydroxyl groups excluding tert-OH is 1. The van der Waals surface area contributed by atoms with Gasteiger partial charge in [0, 0.05) is 18.9 Å². The monoisotopic (exact) mass is 179 g/mol. The van der Waals surface area contributed by atoms with Crippen LogP contribution in [0, 0.1) is 0 Å². The Morgan fingerprint density at radius 1 is 1.69 bits per heavy atom. The first kappa shape index (κ1) is 10.1. The first-order valence-electron chi connectivity index (χ1n) is 4.64. The smallest absolute Gasteiger partial charge is 0.0776 e. The maximum Gasteiger partial charge on any atom is 0.0776 e. The summed E-state index contributed by atoms with van der Waals surface area (Å²) in [6.07, 6.45) is 4.56. The Balaban J connectivity index is 2.64. The van der Waals surface area contributed by atoms with Crippen molar-refractivity contribution in [2.45, 2.75) is 32.9 Å². The molecule has 0 amide bonds. The summed E-state index contributed by atoms with van der Waals surface area (Å²) >= 11 is 0. The summed E-state index contributed by atoms with van der Waals surface area (Å²) < 4.78 is 2.05. The van der Waals surface area contributed by atoms with Crippen LogP contribution >= 0.6 is 0 Å². The third-order valence-corrected chi connectivity index (χ3v) is 2.16. The summed E-state index contributed by atoms with van der Waals surface area (Å²) in [5.74, 6) is 0. The molecule has 0 radical (unpaired) electrons. The lowest BCUT2D eigenvalue weighted by Crippen LogP contribution is -1.96. The Morgan fingerprint density at radius 2 is 2.38 bits per heavy atom. The lowest BCUT2D eigenvalue weighted by atomic mass is 10.2. The number of nitrogens with zero attached hydrogens (tertiary/aromatic N) is 1. The highest BCUT2D eigenvalue weighted by Gasteiger charge is 2.02. The van der Waals surface area contributed by atoms with Gasteiger partial charge in [-0.2, -0.15) is 0 Å². The Bertz CT molecular complexity index is 286. The molecule has 0 bridgehead atoms. The van der Waals surface area contributed by atoms with Gasteiger partial charge in [0.15, 0.2) is 0 Å². The largest absolute Gasteiger partial charge is 0.389 e. The van der Waals surface area contributed by atoms with E-state index in [1.807, 2.05) is 23.0 Å². The second kappa shape index (κ2) is 4.28. The summed E-state index contributed by atoms with van der Waals surface area (Å²) in [6, 6.07) is 1.94. The second-order valence-corrected chi connectivity index (χ2v) is 3.40. The van der Waals surface area contributed by atoms with Gasteiger partial charge in [-0.25, -0.2) is 0 Å². The first-order valence-corrected chi connectivity index (χ1v) is 4.64. The fraction of sp³-hybridized carbons (Fsp3) is 0.455. The van der Waals surface area contributed by atoms with Crippen molar-refractivity contribution in [2.24, 2.45) is 0 Å². The summed E-state index contributed by atoms with van der Waals surface area (Å²) in [5, 5.41) is 9.29. The summed E-state index contributed by atoms with van der Waals surface area (Å²) in [7, 11) is 0. The molecule has 1 N–H and O–H groups in total. The first-order chi connectivity index (χ1) is 6.13. The molecular formula is C11H17NO. The number of hydrogen-bond acceptors (Lipinski definition) is 1. The predicted molar refractivity (Wildman–Crippen MR) is 54.5 cm³/mol. The van der Waals surface area contributed by atoms with Crippen LogP contribution in [0.5, 0.6) is 0 Å². The van der Waals surface area contributed by atoms with Crippen LogP contribution in [0.25, 0.3) is 0 Å². The highest BCUT2D eigenvalue weighted by molar-refractivity contribution is 5.13. The van der Waals surface area contributed by atoms with Gasteiger partial charge in [-0.15, -0.1) is 0 Å². The highest BCUT2D eigenvalue weighted by Crippen LogP contribution is 2.13. The normalized spacial score (nSPS) is 12.8. The van der Waals surface area contributed by atoms with Crippen LogP contribution < -0.4 is 0 Å². The Labute approximate surface area is 79.5 Å². The molecule has 1 aromatic heterocycles. The molecule has 2 heteroatoms. The van der Waals surface area contributed by atoms with Crippen LogP contribution in [0.15, 0.2) is 30.6 Å². The van der Waals surface area contributed by atoms with E-state index in [1.54, 1.807) is 6.92 Å². The molecule has 13 heavy (non-hydrogen) atoms. The van der Waals surface area contributed by atoms with Crippen molar-refractivity contribution in [1.82, 2.24) is 4.57 Å². The lowest BCUT2D eigenvalue weighted by molar-refractivity contribution is 0.199. The maximum atomic E-state index is 9.29. The van der Waals surface area contributed by atoms with E-state index in [-0.39, 0.29) is 6.10 Å². The van der Waals surface area contributed by atoms with Crippen LogP contribution in [-0.2, 0) is 6.54 Å². The molecule has 0 aliphatic heterocycles. The Kier molecular flexibility index (Phi) is 3.32. The predicted octanol–water partition coefficient (Wildman–Crippen LogP) is 2.51. The summed E-state index contributed by atoms with van der Waals surface area (Å²) in [6.45, 7) is 8.66. The molecule has 1 rings (SSSR count). The van der Waals surface area contributed by atoms with E-state index in [2.05, 4.69) is 13.5 Å². The van der Waals surface area contributed by atoms with E-state index in [9.17, 15) is 5.11 Å². The average molecular weight is 179 g/mol. The van der Waals surface area contributed by atoms with Crippen molar-refractivity contribution in [2.75, 3.05) is 0 Å². The third-order valence-electron chi connectivity index (χ3n) is 2.16. The zero-order valence-corrected chi connectivity index (χ0v) is 8.33. The molecule has 0 saturated carbocycles. The quantitative estimate of drug-likeness (QED) is 0.706. The molecule has 1 heterocycles. The number of rotatable bonds is 4. The molecule has 0 aliphatic rings. The van der Waals surface area contributed by atoms with Gasteiger partial charge >= 0.3 is 0 Å². The van der Waals surface area contributed by atoms with Crippen LogP contribution in [0.1, 0.15) is 31.9 Å². The van der Waals surface area contributed by atoms with Gasteiger partial charge in [0.05, 0.1) is 6.10 Å². The molecule has 1 atom stereocenters. The second-order valence-electron chi connectivity index (χ2n) is 3.40. The highest BCUT2D eigenvalue weighted by atomic mass is 16.3. The molecule has 0 saturated heterocycles. The molecule has 0 aromatic carbocycles. The standard InChI is InChI=1S/C11H17NO/c1-4-9(2)7-12-6-5-11(8-12)10(3)13/h5-6,8,10,13H,2,4,7H2,1,3H3. The molecule has 1 unspecified atom stereocenters. The van der Waals surface area contributed by atoms with Gasteiger partial charge in [0.1, 0.15) is 0 Å². The minimum atomic E-state index is -0.379. The van der Waals surface area contributed by atoms with Gasteiger partial charge in [-0.05, 0) is 25.0 Å². The summed E-state index contributed by atoms with van der Waals surface area (Å²) in [4.78, 5) is 0. The number of aromatic nitrogens is 1. The molecule has 0 aliphatic carbocycles. The van der Waals surface area contributed by atoms with Gasteiger partial charge in [0.2, 0.25) is 0 Å². The van der Waals surface area contributed by atoms with Gasteiger partial charge in [-0.1, -0.05) is 19.1 Å². The molecule has 72 valence electrons. The third kappa shape index (κ3) is 2.74. The average Bonchev–Trinajstić information content (AvgIpc) is 2.52. The zero-order valence-electron chi connectivity index (χ0n) is 8.33. The zero-order chi connectivity index (χ0) is 9.84. The van der Waals surface area contributed by atoms with Gasteiger partial charge in [-0.3, -0.25) is 0 Å². The number of hydrogen-bond donors (Lipinski definition) is 1. The van der Waals surface area contributed by atoms with Crippen molar-refractivity contribution in [3.63, 3.8) is 0 Å². The molecule has 2 nitrogen and oxygen atoms in total. The minimum Gasteiger partial charge on any atom is -0.389 e. The van der Waals surface area contributed by atoms with Crippen molar-refractivity contribution in [3.8, 4) is 0 Å². The maximum absolute atomic E-state index is 9.29. The number of allylic oxidation sites excluding steroid dienone is 1. The topological polar surface area (TPSA) is 25.2 Å². The number of aliphatic hydroxyl groups is 1. The molecule has 1 aromatic rings. The molecule has 0 spiro atoms. The van der Waals surface area contributed by atoms with E-state index in [0.717, 1.165) is 18.5 Å². The van der Waals surface area contributed by atoms with Gasteiger partial charge in [0.25, 0.3) is 0 Å². The van der Waals surface area contributed by atoms with Gasteiger partial charge < -0.3 is 9.67 Å². The fourth-order valence-electron chi connectivity index (χ4n) is 1.17. The van der Waals surface area contributed by atoms with Crippen molar-refractivity contribution >= 4 is 0 Å². The van der Waals surface area contributed by atoms with Crippen LogP contribution in [0.3, 0.4) is 0 Å². The lowest BCUT2D eigenvalue weighted by Gasteiger charge is -2.04.